The molecule has 4 N–H and O–H groups in total. The van der Waals surface area contributed by atoms with E-state index in [0.717, 1.165) is 61.4 Å². The lowest BCUT2D eigenvalue weighted by atomic mass is 9.91. The molecule has 1 aliphatic carbocycles. The molecule has 0 bridgehead atoms. The number of nitrogens with one attached hydrogen (secondary N) is 2. The summed E-state index contributed by atoms with van der Waals surface area (Å²) in [6.45, 7) is 3.36. The van der Waals surface area contributed by atoms with E-state index < -0.39 is 0 Å². The van der Waals surface area contributed by atoms with Crippen LogP contribution in [0.3, 0.4) is 0 Å². The van der Waals surface area contributed by atoms with Crippen molar-refractivity contribution in [3.8, 4) is 11.3 Å². The van der Waals surface area contributed by atoms with Crippen LogP contribution in [0.25, 0.3) is 11.3 Å². The maximum absolute atomic E-state index is 6.52. The molecule has 186 valence electrons. The first-order chi connectivity index (χ1) is 16.5. The molecule has 4 rings (SSSR count). The van der Waals surface area contributed by atoms with E-state index in [9.17, 15) is 0 Å². The molecule has 8 nitrogen and oxygen atoms in total. The summed E-state index contributed by atoms with van der Waals surface area (Å²) in [5, 5.41) is 7.55. The number of aromatic nitrogens is 2. The summed E-state index contributed by atoms with van der Waals surface area (Å²) in [7, 11) is 1.70. The summed E-state index contributed by atoms with van der Waals surface area (Å²) in [5.74, 6) is 1.59. The van der Waals surface area contributed by atoms with Gasteiger partial charge < -0.3 is 30.6 Å². The van der Waals surface area contributed by atoms with Gasteiger partial charge >= 0.3 is 0 Å². The average Bonchev–Trinajstić information content (AvgIpc) is 2.86. The van der Waals surface area contributed by atoms with Crippen molar-refractivity contribution in [1.82, 2.24) is 9.97 Å². The molecule has 0 radical (unpaired) electrons. The number of nitrogens with zero attached hydrogens (tertiary/aromatic N) is 2. The summed E-state index contributed by atoms with van der Waals surface area (Å²) in [6, 6.07) is 8.24. The van der Waals surface area contributed by atoms with E-state index in [2.05, 4.69) is 15.6 Å². The lowest BCUT2D eigenvalue weighted by molar-refractivity contribution is -0.00156. The van der Waals surface area contributed by atoms with E-state index in [1.165, 1.54) is 0 Å². The predicted molar refractivity (Wildman–Crippen MR) is 135 cm³/mol. The highest BCUT2D eigenvalue weighted by Crippen LogP contribution is 2.30. The van der Waals surface area contributed by atoms with Crippen LogP contribution in [0.4, 0.5) is 11.6 Å². The number of anilines is 2. The van der Waals surface area contributed by atoms with E-state index >= 15 is 0 Å². The molecular weight excluding hydrogens is 454 g/mol. The number of rotatable bonds is 10. The van der Waals surface area contributed by atoms with Crippen molar-refractivity contribution in [2.75, 3.05) is 50.7 Å². The third-order valence-electron chi connectivity index (χ3n) is 6.66. The van der Waals surface area contributed by atoms with Crippen LogP contribution >= 0.6 is 11.6 Å². The first-order valence-electron chi connectivity index (χ1n) is 12.2. The zero-order valence-corrected chi connectivity index (χ0v) is 20.7. The molecule has 3 heterocycles. The van der Waals surface area contributed by atoms with Crippen LogP contribution in [0, 0.1) is 0 Å². The largest absolute Gasteiger partial charge is 0.382 e. The van der Waals surface area contributed by atoms with Crippen LogP contribution in [-0.4, -0.2) is 67.7 Å². The number of nitrogens with two attached hydrogens (primary N) is 1. The third kappa shape index (κ3) is 7.02. The molecule has 1 saturated heterocycles. The van der Waals surface area contributed by atoms with Gasteiger partial charge in [0, 0.05) is 50.2 Å². The second-order valence-electron chi connectivity index (χ2n) is 9.27. The van der Waals surface area contributed by atoms with E-state index in [0.29, 0.717) is 50.1 Å². The van der Waals surface area contributed by atoms with Crippen molar-refractivity contribution in [1.29, 1.82) is 0 Å². The lowest BCUT2D eigenvalue weighted by Gasteiger charge is -2.33. The maximum atomic E-state index is 6.52. The third-order valence-corrected chi connectivity index (χ3v) is 6.96. The van der Waals surface area contributed by atoms with Crippen LogP contribution in [0.1, 0.15) is 38.5 Å². The van der Waals surface area contributed by atoms with Gasteiger partial charge in [-0.05, 0) is 56.7 Å². The van der Waals surface area contributed by atoms with Crippen LogP contribution in [0.2, 0.25) is 5.02 Å². The molecule has 2 aliphatic rings. The van der Waals surface area contributed by atoms with Gasteiger partial charge in [-0.2, -0.15) is 0 Å². The quantitative estimate of drug-likeness (QED) is 0.428. The van der Waals surface area contributed by atoms with Crippen LogP contribution in [-0.2, 0) is 14.2 Å². The summed E-state index contributed by atoms with van der Waals surface area (Å²) >= 11 is 6.52. The highest BCUT2D eigenvalue weighted by Gasteiger charge is 2.28. The Morgan fingerprint density at radius 1 is 1.15 bits per heavy atom. The van der Waals surface area contributed by atoms with Crippen molar-refractivity contribution < 1.29 is 14.2 Å². The molecular formula is C25H36ClN5O3. The number of halogens is 1. The Labute approximate surface area is 206 Å². The van der Waals surface area contributed by atoms with Crippen LogP contribution in [0.5, 0.6) is 0 Å². The van der Waals surface area contributed by atoms with Gasteiger partial charge in [-0.1, -0.05) is 17.7 Å². The second kappa shape index (κ2) is 12.1. The molecule has 1 saturated carbocycles. The Hall–Kier alpha value is -1.97. The molecule has 34 heavy (non-hydrogen) atoms. The fraction of sp³-hybridized carbons (Fsp3) is 0.600. The fourth-order valence-electron chi connectivity index (χ4n) is 4.50. The van der Waals surface area contributed by atoms with E-state index in [1.54, 1.807) is 13.3 Å². The van der Waals surface area contributed by atoms with E-state index in [1.807, 2.05) is 24.3 Å². The second-order valence-corrected chi connectivity index (χ2v) is 9.67. The molecule has 0 aromatic carbocycles. The summed E-state index contributed by atoms with van der Waals surface area (Å²) < 4.78 is 16.4. The zero-order valence-electron chi connectivity index (χ0n) is 19.9. The number of hydrogen-bond acceptors (Lipinski definition) is 8. The average molecular weight is 490 g/mol. The van der Waals surface area contributed by atoms with Crippen LogP contribution in [0.15, 0.2) is 30.5 Å². The molecule has 2 fully saturated rings. The fourth-order valence-corrected chi connectivity index (χ4v) is 4.70. The Morgan fingerprint density at radius 2 is 1.94 bits per heavy atom. The van der Waals surface area contributed by atoms with Gasteiger partial charge in [0.1, 0.15) is 11.6 Å². The maximum Gasteiger partial charge on any atom is 0.126 e. The van der Waals surface area contributed by atoms with Gasteiger partial charge in [0.05, 0.1) is 30.0 Å². The normalized spacial score (nSPS) is 22.3. The molecule has 1 aliphatic heterocycles. The van der Waals surface area contributed by atoms with Gasteiger partial charge in [-0.3, -0.25) is 0 Å². The topological polar surface area (TPSA) is 104 Å². The molecule has 0 unspecified atom stereocenters. The molecule has 0 spiro atoms. The van der Waals surface area contributed by atoms with Crippen molar-refractivity contribution in [2.24, 2.45) is 5.73 Å². The van der Waals surface area contributed by atoms with Gasteiger partial charge in [-0.15, -0.1) is 0 Å². The van der Waals surface area contributed by atoms with Gasteiger partial charge in [-0.25, -0.2) is 9.97 Å². The van der Waals surface area contributed by atoms with Crippen molar-refractivity contribution >= 4 is 23.2 Å². The van der Waals surface area contributed by atoms with Crippen molar-refractivity contribution in [3.05, 3.63) is 35.5 Å². The molecule has 2 aromatic rings. The summed E-state index contributed by atoms with van der Waals surface area (Å²) in [5.41, 5.74) is 7.89. The minimum absolute atomic E-state index is 0.269. The number of pyridine rings is 2. The first-order valence-corrected chi connectivity index (χ1v) is 12.5. The first kappa shape index (κ1) is 25.1. The molecule has 0 amide bonds. The number of hydrogen-bond donors (Lipinski definition) is 3. The van der Waals surface area contributed by atoms with Gasteiger partial charge in [0.15, 0.2) is 0 Å². The Bertz CT molecular complexity index is 917. The summed E-state index contributed by atoms with van der Waals surface area (Å²) in [6.07, 6.45) is 7.84. The monoisotopic (exact) mass is 489 g/mol. The minimum Gasteiger partial charge on any atom is -0.382 e. The molecule has 0 atom stereocenters. The van der Waals surface area contributed by atoms with Gasteiger partial charge in [0.2, 0.25) is 0 Å². The van der Waals surface area contributed by atoms with Gasteiger partial charge in [0.25, 0.3) is 0 Å². The highest BCUT2D eigenvalue weighted by atomic mass is 35.5. The molecule has 2 aromatic heterocycles. The van der Waals surface area contributed by atoms with E-state index in [-0.39, 0.29) is 5.54 Å². The Kier molecular flexibility index (Phi) is 8.97. The lowest BCUT2D eigenvalue weighted by Crippen LogP contribution is -2.50. The smallest absolute Gasteiger partial charge is 0.126 e. The predicted octanol–water partition coefficient (Wildman–Crippen LogP) is 4.10. The van der Waals surface area contributed by atoms with Crippen molar-refractivity contribution in [3.63, 3.8) is 0 Å². The minimum atomic E-state index is -0.269. The van der Waals surface area contributed by atoms with Crippen LogP contribution < -0.4 is 16.4 Å². The number of ether oxygens (including phenoxy) is 3. The zero-order chi connectivity index (χ0) is 23.8. The number of methoxy groups -OCH3 is 1. The SMILES string of the molecule is COCCOC1CCC(Nc2cc(-c3cccc(NCC4(N)CCOCC4)n3)c(Cl)cn2)CC1. The Morgan fingerprint density at radius 3 is 2.71 bits per heavy atom. The Balaban J connectivity index is 1.36. The van der Waals surface area contributed by atoms with E-state index in [4.69, 9.17) is 36.5 Å². The molecule has 9 heteroatoms. The summed E-state index contributed by atoms with van der Waals surface area (Å²) in [4.78, 5) is 9.29. The van der Waals surface area contributed by atoms with Crippen molar-refractivity contribution in [2.45, 2.75) is 56.2 Å². The standard InChI is InChI=1S/C25H36ClN5O3/c1-32-13-14-34-19-7-5-18(6-8-19)30-24-15-20(21(26)16-28-24)22-3-2-4-23(31-22)29-17-25(27)9-11-33-12-10-25/h2-4,15-16,18-19H,5-14,17,27H2,1H3,(H,28,30)(H,29,31). The highest BCUT2D eigenvalue weighted by molar-refractivity contribution is 6.33.